The van der Waals surface area contributed by atoms with E-state index in [2.05, 4.69) is 10.0 Å². The number of halogens is 2. The van der Waals surface area contributed by atoms with Crippen molar-refractivity contribution in [3.05, 3.63) is 52.8 Å². The van der Waals surface area contributed by atoms with Crippen LogP contribution in [0.25, 0.3) is 0 Å². The van der Waals surface area contributed by atoms with Crippen LogP contribution >= 0.6 is 11.6 Å². The first-order valence-electron chi connectivity index (χ1n) is 6.55. The van der Waals surface area contributed by atoms with Gasteiger partial charge in [0.15, 0.2) is 0 Å². The Bertz CT molecular complexity index is 869. The highest BCUT2D eigenvalue weighted by atomic mass is 35.5. The summed E-state index contributed by atoms with van der Waals surface area (Å²) in [6.07, 6.45) is 0. The van der Waals surface area contributed by atoms with Crippen LogP contribution in [0.4, 0.5) is 15.8 Å². The van der Waals surface area contributed by atoms with E-state index in [4.69, 9.17) is 11.6 Å². The van der Waals surface area contributed by atoms with E-state index in [0.717, 1.165) is 6.07 Å². The first-order chi connectivity index (χ1) is 10.7. The third-order valence-corrected chi connectivity index (χ3v) is 4.81. The molecule has 0 aliphatic carbocycles. The summed E-state index contributed by atoms with van der Waals surface area (Å²) in [5, 5.41) is 2.69. The van der Waals surface area contributed by atoms with Crippen molar-refractivity contribution < 1.29 is 17.6 Å². The van der Waals surface area contributed by atoms with Crippen molar-refractivity contribution in [1.82, 2.24) is 0 Å². The number of carbonyl (C=O) groups excluding carboxylic acids is 1. The van der Waals surface area contributed by atoms with Gasteiger partial charge in [-0.05, 0) is 42.8 Å². The summed E-state index contributed by atoms with van der Waals surface area (Å²) < 4.78 is 40.3. The quantitative estimate of drug-likeness (QED) is 0.879. The minimum atomic E-state index is -3.96. The molecule has 8 heteroatoms. The first kappa shape index (κ1) is 17.2. The minimum Gasteiger partial charge on any atom is -0.325 e. The molecule has 0 bridgehead atoms. The zero-order valence-electron chi connectivity index (χ0n) is 12.4. The van der Waals surface area contributed by atoms with Crippen molar-refractivity contribution in [2.24, 2.45) is 0 Å². The maximum absolute atomic E-state index is 13.3. The number of hydrogen-bond acceptors (Lipinski definition) is 3. The molecule has 122 valence electrons. The number of rotatable bonds is 4. The van der Waals surface area contributed by atoms with Crippen molar-refractivity contribution in [3.8, 4) is 0 Å². The van der Waals surface area contributed by atoms with Crippen molar-refractivity contribution in [2.75, 3.05) is 10.0 Å². The van der Waals surface area contributed by atoms with E-state index in [0.29, 0.717) is 11.3 Å². The lowest BCUT2D eigenvalue weighted by atomic mass is 10.2. The molecule has 0 saturated carbocycles. The Hall–Kier alpha value is -2.12. The summed E-state index contributed by atoms with van der Waals surface area (Å²) in [5.41, 5.74) is 0.983. The number of anilines is 2. The average Bonchev–Trinajstić information content (AvgIpc) is 2.43. The predicted molar refractivity (Wildman–Crippen MR) is 87.7 cm³/mol. The molecule has 2 aromatic rings. The molecule has 0 aliphatic heterocycles. The lowest BCUT2D eigenvalue weighted by Gasteiger charge is -2.12. The number of aryl methyl sites for hydroxylation is 1. The smallest absolute Gasteiger partial charge is 0.262 e. The van der Waals surface area contributed by atoms with Crippen LogP contribution in [0, 0.1) is 12.7 Å². The standard InChI is InChI=1S/C15H14ClFN2O3S/c1-9-3-4-11(17)7-15(9)23(21,22)19-12-5-6-14(13(16)8-12)18-10(2)20/h3-8,19H,1-2H3,(H,18,20). The van der Waals surface area contributed by atoms with Crippen LogP contribution in [0.5, 0.6) is 0 Å². The van der Waals surface area contributed by atoms with Crippen molar-refractivity contribution in [2.45, 2.75) is 18.7 Å². The Balaban J connectivity index is 2.32. The van der Waals surface area contributed by atoms with E-state index >= 15 is 0 Å². The fraction of sp³-hybridized carbons (Fsp3) is 0.133. The van der Waals surface area contributed by atoms with Gasteiger partial charge in [-0.25, -0.2) is 12.8 Å². The van der Waals surface area contributed by atoms with Gasteiger partial charge in [0, 0.05) is 6.92 Å². The number of benzene rings is 2. The normalized spacial score (nSPS) is 11.1. The molecule has 0 radical (unpaired) electrons. The van der Waals surface area contributed by atoms with Gasteiger partial charge in [-0.15, -0.1) is 0 Å². The summed E-state index contributed by atoms with van der Waals surface area (Å²) in [7, 11) is -3.96. The van der Waals surface area contributed by atoms with Crippen LogP contribution in [0.3, 0.4) is 0 Å². The third-order valence-electron chi connectivity index (χ3n) is 2.97. The molecule has 2 N–H and O–H groups in total. The lowest BCUT2D eigenvalue weighted by Crippen LogP contribution is -2.15. The van der Waals surface area contributed by atoms with Gasteiger partial charge in [0.1, 0.15) is 5.82 Å². The van der Waals surface area contributed by atoms with Crippen LogP contribution in [0.1, 0.15) is 12.5 Å². The van der Waals surface area contributed by atoms with Gasteiger partial charge in [-0.2, -0.15) is 0 Å². The molecule has 0 aromatic heterocycles. The van der Waals surface area contributed by atoms with Gasteiger partial charge >= 0.3 is 0 Å². The highest BCUT2D eigenvalue weighted by Gasteiger charge is 2.18. The predicted octanol–water partition coefficient (Wildman–Crippen LogP) is 3.55. The number of hydrogen-bond donors (Lipinski definition) is 2. The number of nitrogens with one attached hydrogen (secondary N) is 2. The van der Waals surface area contributed by atoms with Gasteiger partial charge in [0.2, 0.25) is 5.91 Å². The molecule has 0 atom stereocenters. The van der Waals surface area contributed by atoms with Crippen LogP contribution < -0.4 is 10.0 Å². The molecule has 5 nitrogen and oxygen atoms in total. The summed E-state index contributed by atoms with van der Waals surface area (Å²) in [6.45, 7) is 2.90. The van der Waals surface area contributed by atoms with E-state index in [9.17, 15) is 17.6 Å². The van der Waals surface area contributed by atoms with Gasteiger partial charge in [0.25, 0.3) is 10.0 Å². The van der Waals surface area contributed by atoms with Crippen molar-refractivity contribution >= 4 is 38.9 Å². The Morgan fingerprint density at radius 3 is 2.48 bits per heavy atom. The van der Waals surface area contributed by atoms with Gasteiger partial charge in [-0.1, -0.05) is 17.7 Å². The fourth-order valence-corrected chi connectivity index (χ4v) is 3.48. The Morgan fingerprint density at radius 2 is 1.87 bits per heavy atom. The largest absolute Gasteiger partial charge is 0.325 e. The molecule has 2 rings (SSSR count). The summed E-state index contributed by atoms with van der Waals surface area (Å²) >= 11 is 6.00. The van der Waals surface area contributed by atoms with E-state index in [1.54, 1.807) is 6.92 Å². The fourth-order valence-electron chi connectivity index (χ4n) is 1.94. The maximum Gasteiger partial charge on any atom is 0.262 e. The van der Waals surface area contributed by atoms with Gasteiger partial charge < -0.3 is 5.32 Å². The highest BCUT2D eigenvalue weighted by molar-refractivity contribution is 7.92. The molecule has 0 spiro atoms. The molecule has 23 heavy (non-hydrogen) atoms. The Morgan fingerprint density at radius 1 is 1.17 bits per heavy atom. The third kappa shape index (κ3) is 4.20. The number of carbonyl (C=O) groups is 1. The van der Waals surface area contributed by atoms with Crippen molar-refractivity contribution in [1.29, 1.82) is 0 Å². The maximum atomic E-state index is 13.3. The second-order valence-electron chi connectivity index (χ2n) is 4.89. The van der Waals surface area contributed by atoms with Gasteiger partial charge in [0.05, 0.1) is 21.3 Å². The zero-order valence-corrected chi connectivity index (χ0v) is 13.9. The Labute approximate surface area is 138 Å². The minimum absolute atomic E-state index is 0.153. The zero-order chi connectivity index (χ0) is 17.2. The van der Waals surface area contributed by atoms with Crippen LogP contribution in [0.2, 0.25) is 5.02 Å². The lowest BCUT2D eigenvalue weighted by molar-refractivity contribution is -0.114. The van der Waals surface area contributed by atoms with Crippen molar-refractivity contribution in [3.63, 3.8) is 0 Å². The Kier molecular flexibility index (Phi) is 4.91. The molecule has 0 unspecified atom stereocenters. The SMILES string of the molecule is CC(=O)Nc1ccc(NS(=O)(=O)c2cc(F)ccc2C)cc1Cl. The highest BCUT2D eigenvalue weighted by Crippen LogP contribution is 2.27. The van der Waals surface area contributed by atoms with Crippen LogP contribution in [-0.2, 0) is 14.8 Å². The van der Waals surface area contributed by atoms with E-state index < -0.39 is 15.8 Å². The number of amides is 1. The summed E-state index contributed by atoms with van der Waals surface area (Å²) in [6, 6.07) is 7.80. The second kappa shape index (κ2) is 6.55. The molecule has 1 amide bonds. The summed E-state index contributed by atoms with van der Waals surface area (Å²) in [4.78, 5) is 10.9. The van der Waals surface area contributed by atoms with Crippen LogP contribution in [0.15, 0.2) is 41.3 Å². The van der Waals surface area contributed by atoms with E-state index in [1.165, 1.54) is 37.3 Å². The van der Waals surface area contributed by atoms with Gasteiger partial charge in [-0.3, -0.25) is 9.52 Å². The topological polar surface area (TPSA) is 75.3 Å². The van der Waals surface area contributed by atoms with E-state index in [1.807, 2.05) is 0 Å². The summed E-state index contributed by atoms with van der Waals surface area (Å²) in [5.74, 6) is -0.939. The molecule has 0 saturated heterocycles. The number of sulfonamides is 1. The molecule has 2 aromatic carbocycles. The molecular formula is C15H14ClFN2O3S. The molecule has 0 aliphatic rings. The molecule has 0 heterocycles. The van der Waals surface area contributed by atoms with Crippen LogP contribution in [-0.4, -0.2) is 14.3 Å². The monoisotopic (exact) mass is 356 g/mol. The average molecular weight is 357 g/mol. The second-order valence-corrected chi connectivity index (χ2v) is 6.95. The molecule has 0 fully saturated rings. The van der Waals surface area contributed by atoms with E-state index in [-0.39, 0.29) is 21.5 Å². The molecular weight excluding hydrogens is 343 g/mol. The first-order valence-corrected chi connectivity index (χ1v) is 8.41.